The molecule has 0 atom stereocenters. The Bertz CT molecular complexity index is 672. The quantitative estimate of drug-likeness (QED) is 0.691. The number of rotatable bonds is 6. The fourth-order valence-corrected chi connectivity index (χ4v) is 4.03. The van der Waals surface area contributed by atoms with Crippen molar-refractivity contribution in [2.75, 3.05) is 6.61 Å². The Morgan fingerprint density at radius 3 is 2.57 bits per heavy atom. The van der Waals surface area contributed by atoms with Crippen molar-refractivity contribution in [3.8, 4) is 5.75 Å². The molecule has 1 aliphatic carbocycles. The van der Waals surface area contributed by atoms with E-state index < -0.39 is 15.9 Å². The largest absolute Gasteiger partial charge is 0.482 e. The zero-order valence-corrected chi connectivity index (χ0v) is 13.9. The maximum absolute atomic E-state index is 12.4. The molecule has 128 valence electrons. The molecule has 0 saturated heterocycles. The van der Waals surface area contributed by atoms with Crippen molar-refractivity contribution in [2.45, 2.75) is 42.7 Å². The van der Waals surface area contributed by atoms with Crippen molar-refractivity contribution in [1.82, 2.24) is 4.72 Å². The van der Waals surface area contributed by atoms with Gasteiger partial charge in [-0.25, -0.2) is 13.1 Å². The van der Waals surface area contributed by atoms with Gasteiger partial charge in [0.2, 0.25) is 10.0 Å². The number of primary amides is 1. The normalized spacial score (nSPS) is 21.8. The van der Waals surface area contributed by atoms with Gasteiger partial charge in [-0.2, -0.15) is 0 Å². The van der Waals surface area contributed by atoms with Gasteiger partial charge in [0.05, 0.1) is 16.0 Å². The molecule has 0 spiro atoms. The van der Waals surface area contributed by atoms with E-state index in [0.717, 1.165) is 0 Å². The molecule has 2 rings (SSSR count). The number of amides is 1. The number of aliphatic hydroxyl groups is 1. The minimum atomic E-state index is -3.71. The highest BCUT2D eigenvalue weighted by atomic mass is 35.5. The minimum absolute atomic E-state index is 0.0139. The molecular weight excluding hydrogens is 344 g/mol. The number of nitrogens with one attached hydrogen (secondary N) is 1. The first-order valence-corrected chi connectivity index (χ1v) is 9.05. The van der Waals surface area contributed by atoms with Crippen molar-refractivity contribution in [2.24, 2.45) is 5.73 Å². The summed E-state index contributed by atoms with van der Waals surface area (Å²) in [5.41, 5.74) is 4.97. The molecule has 0 unspecified atom stereocenters. The predicted molar refractivity (Wildman–Crippen MR) is 84.7 cm³/mol. The van der Waals surface area contributed by atoms with Crippen LogP contribution in [0, 0.1) is 0 Å². The molecule has 0 aliphatic heterocycles. The standard InChI is InChI=1S/C14H19ClN2O5S/c15-12-7-11(5-6-13(12)22-8-14(16)19)23(20,21)17-9-1-3-10(18)4-2-9/h5-7,9-10,17-18H,1-4,8H2,(H2,16,19). The van der Waals surface area contributed by atoms with Gasteiger partial charge >= 0.3 is 0 Å². The molecule has 0 radical (unpaired) electrons. The zero-order chi connectivity index (χ0) is 17.0. The number of halogens is 1. The summed E-state index contributed by atoms with van der Waals surface area (Å²) in [4.78, 5) is 10.7. The van der Waals surface area contributed by atoms with Gasteiger partial charge in [0.1, 0.15) is 5.75 Å². The van der Waals surface area contributed by atoms with Crippen LogP contribution in [0.15, 0.2) is 23.1 Å². The third-order valence-electron chi connectivity index (χ3n) is 3.60. The highest BCUT2D eigenvalue weighted by molar-refractivity contribution is 7.89. The minimum Gasteiger partial charge on any atom is -0.482 e. The fraction of sp³-hybridized carbons (Fsp3) is 0.500. The molecule has 0 aromatic heterocycles. The molecule has 0 heterocycles. The van der Waals surface area contributed by atoms with Crippen molar-refractivity contribution < 1.29 is 23.1 Å². The van der Waals surface area contributed by atoms with Gasteiger partial charge in [-0.1, -0.05) is 11.6 Å². The van der Waals surface area contributed by atoms with Crippen molar-refractivity contribution in [1.29, 1.82) is 0 Å². The van der Waals surface area contributed by atoms with E-state index in [1.165, 1.54) is 18.2 Å². The lowest BCUT2D eigenvalue weighted by Gasteiger charge is -2.26. The molecule has 1 aliphatic rings. The van der Waals surface area contributed by atoms with Crippen LogP contribution in [0.25, 0.3) is 0 Å². The smallest absolute Gasteiger partial charge is 0.255 e. The Hall–Kier alpha value is -1.35. The molecular formula is C14H19ClN2O5S. The van der Waals surface area contributed by atoms with E-state index in [4.69, 9.17) is 22.1 Å². The zero-order valence-electron chi connectivity index (χ0n) is 12.4. The number of nitrogens with two attached hydrogens (primary N) is 1. The Labute approximate surface area is 139 Å². The second kappa shape index (κ2) is 7.48. The van der Waals surface area contributed by atoms with Gasteiger partial charge in [0.15, 0.2) is 6.61 Å². The summed E-state index contributed by atoms with van der Waals surface area (Å²) >= 11 is 5.98. The molecule has 0 bridgehead atoms. The molecule has 4 N–H and O–H groups in total. The van der Waals surface area contributed by atoms with Crippen molar-refractivity contribution in [3.63, 3.8) is 0 Å². The monoisotopic (exact) mass is 362 g/mol. The number of sulfonamides is 1. The summed E-state index contributed by atoms with van der Waals surface area (Å²) in [6.07, 6.45) is 1.98. The SMILES string of the molecule is NC(=O)COc1ccc(S(=O)(=O)NC2CCC(O)CC2)cc1Cl. The number of carbonyl (C=O) groups excluding carboxylic acids is 1. The van der Waals surface area contributed by atoms with Gasteiger partial charge in [0.25, 0.3) is 5.91 Å². The summed E-state index contributed by atoms with van der Waals surface area (Å²) in [6.45, 7) is -0.339. The molecule has 1 aromatic rings. The van der Waals surface area contributed by atoms with Crippen LogP contribution in [-0.2, 0) is 14.8 Å². The number of ether oxygens (including phenoxy) is 1. The molecule has 1 aromatic carbocycles. The first-order chi connectivity index (χ1) is 10.8. The Morgan fingerprint density at radius 2 is 2.00 bits per heavy atom. The number of aliphatic hydroxyl groups excluding tert-OH is 1. The summed E-state index contributed by atoms with van der Waals surface area (Å²) < 4.78 is 32.4. The molecule has 7 nitrogen and oxygen atoms in total. The van der Waals surface area contributed by atoms with Gasteiger partial charge in [-0.15, -0.1) is 0 Å². The van der Waals surface area contributed by atoms with E-state index in [1.54, 1.807) is 0 Å². The third kappa shape index (κ3) is 5.07. The average Bonchev–Trinajstić information content (AvgIpc) is 2.48. The Kier molecular flexibility index (Phi) is 5.85. The van der Waals surface area contributed by atoms with Crippen molar-refractivity contribution >= 4 is 27.5 Å². The van der Waals surface area contributed by atoms with Crippen LogP contribution >= 0.6 is 11.6 Å². The number of benzene rings is 1. The van der Waals surface area contributed by atoms with Crippen LogP contribution in [0.5, 0.6) is 5.75 Å². The van der Waals surface area contributed by atoms with Gasteiger partial charge < -0.3 is 15.6 Å². The number of carbonyl (C=O) groups is 1. The van der Waals surface area contributed by atoms with Crippen molar-refractivity contribution in [3.05, 3.63) is 23.2 Å². The summed E-state index contributed by atoms with van der Waals surface area (Å²) in [5, 5.41) is 9.53. The lowest BCUT2D eigenvalue weighted by Crippen LogP contribution is -2.38. The van der Waals surface area contributed by atoms with E-state index in [9.17, 15) is 18.3 Å². The Morgan fingerprint density at radius 1 is 1.35 bits per heavy atom. The molecule has 9 heteroatoms. The third-order valence-corrected chi connectivity index (χ3v) is 5.42. The topological polar surface area (TPSA) is 119 Å². The summed E-state index contributed by atoms with van der Waals surface area (Å²) in [7, 11) is -3.71. The van der Waals surface area contributed by atoms with E-state index in [2.05, 4.69) is 4.72 Å². The van der Waals surface area contributed by atoms with E-state index in [1.807, 2.05) is 0 Å². The second-order valence-electron chi connectivity index (χ2n) is 5.47. The van der Waals surface area contributed by atoms with Gasteiger partial charge in [-0.05, 0) is 43.9 Å². The van der Waals surface area contributed by atoms with E-state index in [0.29, 0.717) is 25.7 Å². The van der Waals surface area contributed by atoms with Crippen LogP contribution in [0.2, 0.25) is 5.02 Å². The summed E-state index contributed by atoms with van der Waals surface area (Å²) in [6, 6.07) is 3.79. The highest BCUT2D eigenvalue weighted by Gasteiger charge is 2.25. The second-order valence-corrected chi connectivity index (χ2v) is 7.60. The Balaban J connectivity index is 2.07. The molecule has 1 fully saturated rings. The van der Waals surface area contributed by atoms with Crippen LogP contribution in [0.4, 0.5) is 0 Å². The first kappa shape index (κ1) is 18.0. The van der Waals surface area contributed by atoms with E-state index in [-0.39, 0.29) is 34.4 Å². The van der Waals surface area contributed by atoms with Gasteiger partial charge in [-0.3, -0.25) is 4.79 Å². The number of hydrogen-bond acceptors (Lipinski definition) is 5. The maximum atomic E-state index is 12.4. The maximum Gasteiger partial charge on any atom is 0.255 e. The average molecular weight is 363 g/mol. The van der Waals surface area contributed by atoms with Crippen LogP contribution in [0.1, 0.15) is 25.7 Å². The van der Waals surface area contributed by atoms with Gasteiger partial charge in [0, 0.05) is 6.04 Å². The predicted octanol–water partition coefficient (Wildman–Crippen LogP) is 0.786. The number of hydrogen-bond donors (Lipinski definition) is 3. The lowest BCUT2D eigenvalue weighted by atomic mass is 9.94. The molecule has 1 saturated carbocycles. The fourth-order valence-electron chi connectivity index (χ4n) is 2.40. The summed E-state index contributed by atoms with van der Waals surface area (Å²) in [5.74, 6) is -0.468. The van der Waals surface area contributed by atoms with E-state index >= 15 is 0 Å². The molecule has 1 amide bonds. The van der Waals surface area contributed by atoms with Crippen LogP contribution < -0.4 is 15.2 Å². The van der Waals surface area contributed by atoms with Crippen LogP contribution in [0.3, 0.4) is 0 Å². The highest BCUT2D eigenvalue weighted by Crippen LogP contribution is 2.28. The lowest BCUT2D eigenvalue weighted by molar-refractivity contribution is -0.119. The van der Waals surface area contributed by atoms with Crippen LogP contribution in [-0.4, -0.2) is 38.2 Å². The first-order valence-electron chi connectivity index (χ1n) is 7.19. The molecule has 23 heavy (non-hydrogen) atoms.